The second-order valence-electron chi connectivity index (χ2n) is 4.04. The molecule has 18 heavy (non-hydrogen) atoms. The Bertz CT molecular complexity index is 703. The van der Waals surface area contributed by atoms with Crippen molar-refractivity contribution in [1.82, 2.24) is 9.55 Å². The molecule has 0 aliphatic heterocycles. The zero-order valence-corrected chi connectivity index (χ0v) is 10.4. The molecule has 0 unspecified atom stereocenters. The fraction of sp³-hybridized carbons (Fsp3) is 0.0714. The Hall–Kier alpha value is -1.84. The summed E-state index contributed by atoms with van der Waals surface area (Å²) in [4.78, 5) is 4.38. The molecule has 0 bridgehead atoms. The van der Waals surface area contributed by atoms with Crippen molar-refractivity contribution in [2.24, 2.45) is 5.73 Å². The standard InChI is InChI=1S/C14H12ClN3/c15-11-4-3-7-13(10(11)8-16)18-9-17-12-5-1-2-6-14(12)18/h1-7,9H,8,16H2. The molecule has 1 aromatic heterocycles. The lowest BCUT2D eigenvalue weighted by atomic mass is 10.1. The number of halogens is 1. The summed E-state index contributed by atoms with van der Waals surface area (Å²) >= 11 is 6.18. The van der Waals surface area contributed by atoms with Gasteiger partial charge in [-0.2, -0.15) is 0 Å². The zero-order valence-electron chi connectivity index (χ0n) is 9.68. The van der Waals surface area contributed by atoms with Crippen LogP contribution in [0.4, 0.5) is 0 Å². The lowest BCUT2D eigenvalue weighted by molar-refractivity contribution is 1.00. The van der Waals surface area contributed by atoms with Gasteiger partial charge in [0.2, 0.25) is 0 Å². The van der Waals surface area contributed by atoms with E-state index >= 15 is 0 Å². The van der Waals surface area contributed by atoms with Gasteiger partial charge in [0.1, 0.15) is 6.33 Å². The molecular weight excluding hydrogens is 246 g/mol. The van der Waals surface area contributed by atoms with Crippen molar-refractivity contribution in [2.75, 3.05) is 0 Å². The van der Waals surface area contributed by atoms with Crippen LogP contribution in [0.15, 0.2) is 48.8 Å². The molecule has 0 atom stereocenters. The Morgan fingerprint density at radius 3 is 2.78 bits per heavy atom. The van der Waals surface area contributed by atoms with Crippen LogP contribution in [-0.4, -0.2) is 9.55 Å². The van der Waals surface area contributed by atoms with Crippen LogP contribution in [-0.2, 0) is 6.54 Å². The highest BCUT2D eigenvalue weighted by Gasteiger charge is 2.09. The van der Waals surface area contributed by atoms with E-state index in [1.54, 1.807) is 6.33 Å². The molecule has 2 aromatic carbocycles. The lowest BCUT2D eigenvalue weighted by Crippen LogP contribution is -2.04. The third-order valence-corrected chi connectivity index (χ3v) is 3.37. The highest BCUT2D eigenvalue weighted by molar-refractivity contribution is 6.31. The van der Waals surface area contributed by atoms with Gasteiger partial charge in [-0.15, -0.1) is 0 Å². The highest BCUT2D eigenvalue weighted by atomic mass is 35.5. The van der Waals surface area contributed by atoms with Gasteiger partial charge in [0.15, 0.2) is 0 Å². The van der Waals surface area contributed by atoms with Crippen LogP contribution in [0, 0.1) is 0 Å². The Morgan fingerprint density at radius 1 is 1.11 bits per heavy atom. The normalized spacial score (nSPS) is 11.0. The first kappa shape index (κ1) is 11.3. The molecule has 0 saturated carbocycles. The van der Waals surface area contributed by atoms with Gasteiger partial charge in [-0.1, -0.05) is 29.8 Å². The number of imidazole rings is 1. The summed E-state index contributed by atoms with van der Waals surface area (Å²) in [6.07, 6.45) is 1.80. The molecule has 0 radical (unpaired) electrons. The van der Waals surface area contributed by atoms with Crippen LogP contribution in [0.3, 0.4) is 0 Å². The topological polar surface area (TPSA) is 43.8 Å². The predicted molar refractivity (Wildman–Crippen MR) is 74.0 cm³/mol. The number of hydrogen-bond acceptors (Lipinski definition) is 2. The molecule has 3 rings (SSSR count). The van der Waals surface area contributed by atoms with Gasteiger partial charge >= 0.3 is 0 Å². The summed E-state index contributed by atoms with van der Waals surface area (Å²) < 4.78 is 2.02. The largest absolute Gasteiger partial charge is 0.326 e. The SMILES string of the molecule is NCc1c(Cl)cccc1-n1cnc2ccccc21. The van der Waals surface area contributed by atoms with Gasteiger partial charge < -0.3 is 5.73 Å². The fourth-order valence-corrected chi connectivity index (χ4v) is 2.37. The van der Waals surface area contributed by atoms with Gasteiger partial charge in [-0.05, 0) is 24.3 Å². The van der Waals surface area contributed by atoms with Crippen LogP contribution < -0.4 is 5.73 Å². The molecule has 0 aliphatic carbocycles. The van der Waals surface area contributed by atoms with Gasteiger partial charge in [0, 0.05) is 17.1 Å². The first-order valence-corrected chi connectivity index (χ1v) is 6.09. The maximum Gasteiger partial charge on any atom is 0.100 e. The molecule has 3 nitrogen and oxygen atoms in total. The molecule has 3 aromatic rings. The fourth-order valence-electron chi connectivity index (χ4n) is 2.13. The Morgan fingerprint density at radius 2 is 1.94 bits per heavy atom. The molecule has 0 aliphatic rings. The number of aromatic nitrogens is 2. The third-order valence-electron chi connectivity index (χ3n) is 3.01. The number of para-hydroxylation sites is 2. The van der Waals surface area contributed by atoms with Gasteiger partial charge in [0.05, 0.1) is 16.7 Å². The second-order valence-corrected chi connectivity index (χ2v) is 4.45. The first-order valence-electron chi connectivity index (χ1n) is 5.71. The maximum atomic E-state index is 6.18. The second kappa shape index (κ2) is 4.44. The molecule has 0 fully saturated rings. The molecular formula is C14H12ClN3. The van der Waals surface area contributed by atoms with Crippen molar-refractivity contribution < 1.29 is 0 Å². The van der Waals surface area contributed by atoms with Gasteiger partial charge in [-0.25, -0.2) is 4.98 Å². The molecule has 90 valence electrons. The van der Waals surface area contributed by atoms with Crippen molar-refractivity contribution in [3.05, 3.63) is 59.4 Å². The van der Waals surface area contributed by atoms with Crippen molar-refractivity contribution >= 4 is 22.6 Å². The number of rotatable bonds is 2. The number of benzene rings is 2. The van der Waals surface area contributed by atoms with E-state index in [9.17, 15) is 0 Å². The summed E-state index contributed by atoms with van der Waals surface area (Å²) in [6.45, 7) is 0.404. The molecule has 0 spiro atoms. The van der Waals surface area contributed by atoms with Crippen molar-refractivity contribution in [2.45, 2.75) is 6.54 Å². The molecule has 4 heteroatoms. The third kappa shape index (κ3) is 1.68. The number of nitrogens with two attached hydrogens (primary N) is 1. The van der Waals surface area contributed by atoms with Gasteiger partial charge in [0.25, 0.3) is 0 Å². The Labute approximate surface area is 110 Å². The van der Waals surface area contributed by atoms with E-state index < -0.39 is 0 Å². The van der Waals surface area contributed by atoms with Crippen LogP contribution in [0.2, 0.25) is 5.02 Å². The maximum absolute atomic E-state index is 6.18. The molecule has 0 saturated heterocycles. The minimum atomic E-state index is 0.404. The van der Waals surface area contributed by atoms with Crippen LogP contribution >= 0.6 is 11.6 Å². The smallest absolute Gasteiger partial charge is 0.100 e. The van der Waals surface area contributed by atoms with E-state index in [1.165, 1.54) is 0 Å². The first-order chi connectivity index (χ1) is 8.81. The number of nitrogens with zero attached hydrogens (tertiary/aromatic N) is 2. The summed E-state index contributed by atoms with van der Waals surface area (Å²) in [5, 5.41) is 0.688. The Balaban J connectivity index is 2.30. The van der Waals surface area contributed by atoms with Crippen LogP contribution in [0.1, 0.15) is 5.56 Å². The highest BCUT2D eigenvalue weighted by Crippen LogP contribution is 2.25. The summed E-state index contributed by atoms with van der Waals surface area (Å²) in [5.41, 5.74) is 9.71. The Kier molecular flexibility index (Phi) is 2.78. The minimum Gasteiger partial charge on any atom is -0.326 e. The van der Waals surface area contributed by atoms with E-state index in [2.05, 4.69) is 4.98 Å². The summed E-state index contributed by atoms with van der Waals surface area (Å²) in [5.74, 6) is 0. The van der Waals surface area contributed by atoms with Crippen molar-refractivity contribution in [3.8, 4) is 5.69 Å². The number of fused-ring (bicyclic) bond motifs is 1. The number of hydrogen-bond donors (Lipinski definition) is 1. The zero-order chi connectivity index (χ0) is 12.5. The molecule has 2 N–H and O–H groups in total. The summed E-state index contributed by atoms with van der Waals surface area (Å²) in [6, 6.07) is 13.8. The van der Waals surface area contributed by atoms with Gasteiger partial charge in [-0.3, -0.25) is 4.57 Å². The predicted octanol–water partition coefficient (Wildman–Crippen LogP) is 3.14. The average molecular weight is 258 g/mol. The van der Waals surface area contributed by atoms with Crippen LogP contribution in [0.5, 0.6) is 0 Å². The summed E-state index contributed by atoms with van der Waals surface area (Å²) in [7, 11) is 0. The molecule has 0 amide bonds. The van der Waals surface area contributed by atoms with Crippen molar-refractivity contribution in [3.63, 3.8) is 0 Å². The monoisotopic (exact) mass is 257 g/mol. The van der Waals surface area contributed by atoms with E-state index in [0.717, 1.165) is 22.3 Å². The quantitative estimate of drug-likeness (QED) is 0.767. The van der Waals surface area contributed by atoms with E-state index in [-0.39, 0.29) is 0 Å². The van der Waals surface area contributed by atoms with E-state index in [4.69, 9.17) is 17.3 Å². The van der Waals surface area contributed by atoms with Crippen molar-refractivity contribution in [1.29, 1.82) is 0 Å². The molecule has 1 heterocycles. The van der Waals surface area contributed by atoms with E-state index in [1.807, 2.05) is 47.0 Å². The van der Waals surface area contributed by atoms with Crippen LogP contribution in [0.25, 0.3) is 16.7 Å². The van der Waals surface area contributed by atoms with E-state index in [0.29, 0.717) is 11.6 Å². The lowest BCUT2D eigenvalue weighted by Gasteiger charge is -2.11. The average Bonchev–Trinajstić information content (AvgIpc) is 2.82. The minimum absolute atomic E-state index is 0.404.